The van der Waals surface area contributed by atoms with Gasteiger partial charge in [-0.05, 0) is 43.2 Å². The lowest BCUT2D eigenvalue weighted by Gasteiger charge is -2.14. The average molecular weight is 353 g/mol. The Morgan fingerprint density at radius 1 is 1.19 bits per heavy atom. The SMILES string of the molecule is C=CC(CCCC)OC(=O)c1ccc(NC(=O)c2ccccc2)c(O)c1. The van der Waals surface area contributed by atoms with E-state index in [4.69, 9.17) is 4.74 Å². The van der Waals surface area contributed by atoms with E-state index in [1.807, 2.05) is 6.07 Å². The number of hydrogen-bond donors (Lipinski definition) is 2. The van der Waals surface area contributed by atoms with Crippen molar-refractivity contribution in [1.29, 1.82) is 0 Å². The summed E-state index contributed by atoms with van der Waals surface area (Å²) in [6.45, 7) is 5.74. The zero-order chi connectivity index (χ0) is 18.9. The minimum absolute atomic E-state index is 0.201. The number of benzene rings is 2. The van der Waals surface area contributed by atoms with Gasteiger partial charge in [-0.1, -0.05) is 44.2 Å². The molecule has 1 amide bonds. The number of hydrogen-bond acceptors (Lipinski definition) is 4. The van der Waals surface area contributed by atoms with E-state index >= 15 is 0 Å². The van der Waals surface area contributed by atoms with Crippen molar-refractivity contribution >= 4 is 17.6 Å². The van der Waals surface area contributed by atoms with E-state index in [0.717, 1.165) is 12.8 Å². The quantitative estimate of drug-likeness (QED) is 0.415. The molecule has 0 heterocycles. The Balaban J connectivity index is 2.05. The van der Waals surface area contributed by atoms with E-state index < -0.39 is 5.97 Å². The van der Waals surface area contributed by atoms with Gasteiger partial charge in [-0.15, -0.1) is 0 Å². The van der Waals surface area contributed by atoms with Crippen LogP contribution < -0.4 is 5.32 Å². The molecule has 0 bridgehead atoms. The molecule has 0 aliphatic heterocycles. The molecule has 0 aliphatic carbocycles. The number of ether oxygens (including phenoxy) is 1. The Labute approximate surface area is 153 Å². The van der Waals surface area contributed by atoms with E-state index in [-0.39, 0.29) is 29.0 Å². The maximum Gasteiger partial charge on any atom is 0.338 e. The number of unbranched alkanes of at least 4 members (excludes halogenated alkanes) is 1. The number of anilines is 1. The minimum Gasteiger partial charge on any atom is -0.506 e. The minimum atomic E-state index is -0.540. The van der Waals surface area contributed by atoms with E-state index in [1.54, 1.807) is 30.3 Å². The van der Waals surface area contributed by atoms with Gasteiger partial charge in [0.05, 0.1) is 11.3 Å². The van der Waals surface area contributed by atoms with Gasteiger partial charge in [0.15, 0.2) is 0 Å². The molecule has 5 nitrogen and oxygen atoms in total. The number of rotatable bonds is 8. The summed E-state index contributed by atoms with van der Waals surface area (Å²) in [6.07, 6.45) is 3.88. The fourth-order valence-electron chi connectivity index (χ4n) is 2.38. The summed E-state index contributed by atoms with van der Waals surface area (Å²) in [5.41, 5.74) is 0.908. The predicted molar refractivity (Wildman–Crippen MR) is 101 cm³/mol. The van der Waals surface area contributed by atoms with Crippen molar-refractivity contribution in [3.05, 3.63) is 72.3 Å². The summed E-state index contributed by atoms with van der Waals surface area (Å²) >= 11 is 0. The molecule has 1 atom stereocenters. The number of phenols is 1. The molecular formula is C21H23NO4. The Morgan fingerprint density at radius 2 is 1.92 bits per heavy atom. The highest BCUT2D eigenvalue weighted by molar-refractivity contribution is 6.05. The second-order valence-electron chi connectivity index (χ2n) is 5.87. The van der Waals surface area contributed by atoms with Crippen molar-refractivity contribution in [1.82, 2.24) is 0 Å². The Morgan fingerprint density at radius 3 is 2.54 bits per heavy atom. The third kappa shape index (κ3) is 5.21. The number of carbonyl (C=O) groups is 2. The fraction of sp³-hybridized carbons (Fsp3) is 0.238. The standard InChI is InChI=1S/C21H23NO4/c1-3-5-11-17(4-2)26-21(25)16-12-13-18(19(23)14-16)22-20(24)15-9-7-6-8-10-15/h4,6-10,12-14,17,23H,2-3,5,11H2,1H3,(H,22,24). The normalized spacial score (nSPS) is 11.4. The molecule has 26 heavy (non-hydrogen) atoms. The molecule has 2 rings (SSSR count). The molecule has 0 radical (unpaired) electrons. The number of nitrogens with one attached hydrogen (secondary N) is 1. The Kier molecular flexibility index (Phi) is 6.97. The molecule has 2 aromatic rings. The van der Waals surface area contributed by atoms with Gasteiger partial charge in [0.2, 0.25) is 0 Å². The Bertz CT molecular complexity index is 771. The van der Waals surface area contributed by atoms with Crippen molar-refractivity contribution in [2.24, 2.45) is 0 Å². The van der Waals surface area contributed by atoms with Gasteiger partial charge in [0.25, 0.3) is 5.91 Å². The van der Waals surface area contributed by atoms with E-state index in [2.05, 4.69) is 18.8 Å². The molecule has 0 fully saturated rings. The summed E-state index contributed by atoms with van der Waals surface area (Å²) in [4.78, 5) is 24.4. The molecule has 0 saturated heterocycles. The van der Waals surface area contributed by atoms with Crippen LogP contribution in [0.15, 0.2) is 61.2 Å². The number of carbonyl (C=O) groups excluding carboxylic acids is 2. The Hall–Kier alpha value is -3.08. The maximum atomic E-state index is 12.2. The molecule has 0 saturated carbocycles. The van der Waals surface area contributed by atoms with Crippen molar-refractivity contribution in [3.8, 4) is 5.75 Å². The van der Waals surface area contributed by atoms with Crippen molar-refractivity contribution in [2.75, 3.05) is 5.32 Å². The highest BCUT2D eigenvalue weighted by Crippen LogP contribution is 2.25. The lowest BCUT2D eigenvalue weighted by molar-refractivity contribution is 0.0377. The topological polar surface area (TPSA) is 75.6 Å². The van der Waals surface area contributed by atoms with Crippen LogP contribution in [0.2, 0.25) is 0 Å². The predicted octanol–water partition coefficient (Wildman–Crippen LogP) is 4.55. The van der Waals surface area contributed by atoms with Crippen LogP contribution in [-0.4, -0.2) is 23.1 Å². The van der Waals surface area contributed by atoms with Gasteiger partial charge < -0.3 is 15.2 Å². The zero-order valence-corrected chi connectivity index (χ0v) is 14.8. The smallest absolute Gasteiger partial charge is 0.338 e. The molecule has 136 valence electrons. The molecular weight excluding hydrogens is 330 g/mol. The van der Waals surface area contributed by atoms with Gasteiger partial charge in [-0.25, -0.2) is 4.79 Å². The van der Waals surface area contributed by atoms with Gasteiger partial charge in [0.1, 0.15) is 11.9 Å². The fourth-order valence-corrected chi connectivity index (χ4v) is 2.38. The number of aromatic hydroxyl groups is 1. The highest BCUT2D eigenvalue weighted by Gasteiger charge is 2.16. The van der Waals surface area contributed by atoms with Crippen molar-refractivity contribution in [2.45, 2.75) is 32.3 Å². The van der Waals surface area contributed by atoms with Crippen LogP contribution in [0.3, 0.4) is 0 Å². The summed E-state index contributed by atoms with van der Waals surface area (Å²) in [7, 11) is 0. The van der Waals surface area contributed by atoms with Crippen LogP contribution in [0.25, 0.3) is 0 Å². The van der Waals surface area contributed by atoms with Gasteiger partial charge in [-0.3, -0.25) is 4.79 Å². The number of amides is 1. The molecule has 2 N–H and O–H groups in total. The van der Waals surface area contributed by atoms with E-state index in [1.165, 1.54) is 18.2 Å². The largest absolute Gasteiger partial charge is 0.506 e. The lowest BCUT2D eigenvalue weighted by Crippen LogP contribution is -2.16. The first-order chi connectivity index (χ1) is 12.5. The monoisotopic (exact) mass is 353 g/mol. The van der Waals surface area contributed by atoms with Gasteiger partial charge >= 0.3 is 5.97 Å². The lowest BCUT2D eigenvalue weighted by atomic mass is 10.1. The van der Waals surface area contributed by atoms with Crippen LogP contribution in [0.4, 0.5) is 5.69 Å². The van der Waals surface area contributed by atoms with Crippen LogP contribution >= 0.6 is 0 Å². The van der Waals surface area contributed by atoms with Gasteiger partial charge in [-0.2, -0.15) is 0 Å². The molecule has 5 heteroatoms. The van der Waals surface area contributed by atoms with Gasteiger partial charge in [0, 0.05) is 5.56 Å². The molecule has 0 aliphatic rings. The summed E-state index contributed by atoms with van der Waals surface area (Å²) < 4.78 is 5.38. The molecule has 0 spiro atoms. The zero-order valence-electron chi connectivity index (χ0n) is 14.8. The van der Waals surface area contributed by atoms with Crippen LogP contribution in [0, 0.1) is 0 Å². The van der Waals surface area contributed by atoms with Crippen LogP contribution in [-0.2, 0) is 4.74 Å². The third-order valence-corrected chi connectivity index (χ3v) is 3.88. The molecule has 0 aromatic heterocycles. The van der Waals surface area contributed by atoms with Crippen molar-refractivity contribution < 1.29 is 19.4 Å². The summed E-state index contributed by atoms with van der Waals surface area (Å²) in [6, 6.07) is 12.9. The number of phenolic OH excluding ortho intramolecular Hbond substituents is 1. The first-order valence-corrected chi connectivity index (χ1v) is 8.58. The van der Waals surface area contributed by atoms with Crippen molar-refractivity contribution in [3.63, 3.8) is 0 Å². The first kappa shape index (κ1) is 19.2. The van der Waals surface area contributed by atoms with E-state index in [9.17, 15) is 14.7 Å². The molecule has 2 aromatic carbocycles. The second kappa shape index (κ2) is 9.42. The third-order valence-electron chi connectivity index (χ3n) is 3.88. The van der Waals surface area contributed by atoms with E-state index in [0.29, 0.717) is 12.0 Å². The maximum absolute atomic E-state index is 12.2. The average Bonchev–Trinajstić information content (AvgIpc) is 2.67. The molecule has 1 unspecified atom stereocenters. The first-order valence-electron chi connectivity index (χ1n) is 8.58. The second-order valence-corrected chi connectivity index (χ2v) is 5.87. The summed E-state index contributed by atoms with van der Waals surface area (Å²) in [5.74, 6) is -1.09. The van der Waals surface area contributed by atoms with Crippen LogP contribution in [0.5, 0.6) is 5.75 Å². The highest BCUT2D eigenvalue weighted by atomic mass is 16.5. The summed E-state index contributed by atoms with van der Waals surface area (Å²) in [5, 5.41) is 12.7. The number of esters is 1. The van der Waals surface area contributed by atoms with Crippen LogP contribution in [0.1, 0.15) is 46.9 Å².